The lowest BCUT2D eigenvalue weighted by molar-refractivity contribution is -0.145. The fourth-order valence-electron chi connectivity index (χ4n) is 4.07. The topological polar surface area (TPSA) is 102 Å². The van der Waals surface area contributed by atoms with Crippen molar-refractivity contribution < 1.29 is 32.2 Å². The quantitative estimate of drug-likeness (QED) is 0.160. The summed E-state index contributed by atoms with van der Waals surface area (Å²) in [4.78, 5) is 37.1. The molecule has 1 atom stereocenters. The zero-order valence-corrected chi connectivity index (χ0v) is 24.2. The van der Waals surface area contributed by atoms with Gasteiger partial charge in [-0.1, -0.05) is 51.7 Å². The average molecular weight is 586 g/mol. The predicted octanol–water partition coefficient (Wildman–Crippen LogP) is 5.45. The average Bonchev–Trinajstić information content (AvgIpc) is 2.92. The van der Waals surface area contributed by atoms with Crippen LogP contribution < -0.4 is 20.7 Å². The van der Waals surface area contributed by atoms with Gasteiger partial charge >= 0.3 is 23.4 Å². The Bertz CT molecular complexity index is 1200. The van der Waals surface area contributed by atoms with E-state index in [0.717, 1.165) is 40.5 Å². The lowest BCUT2D eigenvalue weighted by atomic mass is 10.1. The monoisotopic (exact) mass is 585 g/mol. The minimum atomic E-state index is -4.35. The molecular weight excluding hydrogens is 543 g/mol. The fraction of sp³-hybridized carbons (Fsp3) is 0.655. The van der Waals surface area contributed by atoms with Crippen LogP contribution in [0.15, 0.2) is 33.9 Å². The summed E-state index contributed by atoms with van der Waals surface area (Å²) in [6.07, 6.45) is -0.169. The van der Waals surface area contributed by atoms with Crippen LogP contribution in [0.3, 0.4) is 0 Å². The van der Waals surface area contributed by atoms with Crippen LogP contribution in [-0.4, -0.2) is 45.8 Å². The van der Waals surface area contributed by atoms with Gasteiger partial charge in [0.1, 0.15) is 18.5 Å². The van der Waals surface area contributed by atoms with Gasteiger partial charge in [0.05, 0.1) is 6.61 Å². The Morgan fingerprint density at radius 2 is 1.78 bits per heavy atom. The summed E-state index contributed by atoms with van der Waals surface area (Å²) in [5.41, 5.74) is -0.445. The second kappa shape index (κ2) is 17.5. The van der Waals surface area contributed by atoms with Crippen molar-refractivity contribution in [3.05, 3.63) is 50.7 Å². The predicted molar refractivity (Wildman–Crippen MR) is 148 cm³/mol. The molecular formula is C29H42F3N3O6. The molecule has 2 rings (SSSR count). The van der Waals surface area contributed by atoms with Gasteiger partial charge in [0, 0.05) is 25.9 Å². The summed E-state index contributed by atoms with van der Waals surface area (Å²) in [6.45, 7) is 5.75. The van der Waals surface area contributed by atoms with Gasteiger partial charge in [-0.15, -0.1) is 5.10 Å². The highest BCUT2D eigenvalue weighted by Gasteiger charge is 2.26. The van der Waals surface area contributed by atoms with E-state index >= 15 is 0 Å². The smallest absolute Gasteiger partial charge is 0.389 e. The number of carbonyl (C=O) groups excluding carboxylic acids is 1. The van der Waals surface area contributed by atoms with Crippen LogP contribution in [-0.2, 0) is 29.0 Å². The van der Waals surface area contributed by atoms with E-state index in [2.05, 4.69) is 12.0 Å². The van der Waals surface area contributed by atoms with E-state index in [4.69, 9.17) is 14.2 Å². The Hall–Kier alpha value is -3.31. The van der Waals surface area contributed by atoms with Crippen LogP contribution in [0.5, 0.6) is 11.6 Å². The number of aromatic nitrogens is 3. The van der Waals surface area contributed by atoms with E-state index in [1.165, 1.54) is 0 Å². The molecule has 0 fully saturated rings. The zero-order chi connectivity index (χ0) is 30.3. The first-order chi connectivity index (χ1) is 19.5. The molecule has 1 aromatic heterocycles. The molecule has 0 radical (unpaired) electrons. The van der Waals surface area contributed by atoms with E-state index in [-0.39, 0.29) is 50.7 Å². The lowest BCUT2D eigenvalue weighted by Crippen LogP contribution is -2.42. The molecule has 0 bridgehead atoms. The van der Waals surface area contributed by atoms with E-state index in [1.807, 2.05) is 18.2 Å². The van der Waals surface area contributed by atoms with Gasteiger partial charge in [-0.25, -0.2) is 9.48 Å². The third-order valence-corrected chi connectivity index (χ3v) is 6.26. The number of ether oxygens (including phenoxy) is 3. The number of alkyl halides is 3. The normalized spacial score (nSPS) is 12.2. The minimum Gasteiger partial charge on any atom is -0.487 e. The van der Waals surface area contributed by atoms with Gasteiger partial charge in [0.2, 0.25) is 0 Å². The van der Waals surface area contributed by atoms with E-state index in [9.17, 15) is 27.6 Å². The van der Waals surface area contributed by atoms with Crippen LogP contribution in [0.4, 0.5) is 13.2 Å². The zero-order valence-electron chi connectivity index (χ0n) is 24.2. The Morgan fingerprint density at radius 1 is 1.02 bits per heavy atom. The number of aryl methyl sites for hydroxylation is 2. The Kier molecular flexibility index (Phi) is 14.5. The van der Waals surface area contributed by atoms with Gasteiger partial charge in [-0.3, -0.25) is 14.2 Å². The molecule has 0 saturated carbocycles. The van der Waals surface area contributed by atoms with Crippen LogP contribution in [0.2, 0.25) is 0 Å². The molecule has 0 aliphatic heterocycles. The Balaban J connectivity index is 2.02. The van der Waals surface area contributed by atoms with Crippen LogP contribution in [0.1, 0.15) is 84.1 Å². The fourth-order valence-corrected chi connectivity index (χ4v) is 4.07. The number of nitrogens with zero attached hydrogens (tertiary/aromatic N) is 3. The van der Waals surface area contributed by atoms with E-state index in [1.54, 1.807) is 19.9 Å². The first-order valence-corrected chi connectivity index (χ1v) is 14.4. The molecule has 41 heavy (non-hydrogen) atoms. The van der Waals surface area contributed by atoms with Gasteiger partial charge < -0.3 is 14.2 Å². The van der Waals surface area contributed by atoms with Crippen LogP contribution >= 0.6 is 0 Å². The molecule has 9 nitrogen and oxygen atoms in total. The third kappa shape index (κ3) is 12.8. The summed E-state index contributed by atoms with van der Waals surface area (Å²) in [5.74, 6) is 0.0368. The Labute approximate surface area is 238 Å². The maximum absolute atomic E-state index is 13.0. The number of esters is 1. The molecule has 0 aliphatic carbocycles. The highest BCUT2D eigenvalue weighted by Crippen LogP contribution is 2.21. The number of hydrogen-bond acceptors (Lipinski definition) is 7. The van der Waals surface area contributed by atoms with Crippen molar-refractivity contribution in [3.63, 3.8) is 0 Å². The van der Waals surface area contributed by atoms with Crippen molar-refractivity contribution in [2.24, 2.45) is 0 Å². The number of rotatable bonds is 19. The maximum Gasteiger partial charge on any atom is 0.389 e. The molecule has 230 valence electrons. The van der Waals surface area contributed by atoms with Gasteiger partial charge in [0.25, 0.3) is 5.88 Å². The summed E-state index contributed by atoms with van der Waals surface area (Å²) >= 11 is 0. The van der Waals surface area contributed by atoms with Crippen LogP contribution in [0.25, 0.3) is 0 Å². The highest BCUT2D eigenvalue weighted by atomic mass is 19.4. The molecule has 0 N–H and O–H groups in total. The molecule has 12 heteroatoms. The SMILES string of the molecule is CCCCCCCn1c(=O)c(OCCCc2cccc(OC(C)COC(=O)CC)c2)nn(CCCC(F)(F)F)c1=O. The summed E-state index contributed by atoms with van der Waals surface area (Å²) in [6, 6.07) is 7.42. The lowest BCUT2D eigenvalue weighted by Gasteiger charge is -2.15. The first-order valence-electron chi connectivity index (χ1n) is 14.4. The third-order valence-electron chi connectivity index (χ3n) is 6.26. The number of unbranched alkanes of at least 4 members (excludes halogenated alkanes) is 4. The standard InChI is InChI=1S/C29H42F3N3O6/c1-4-6-7-8-9-17-34-27(37)26(33-35(28(34)38)18-12-16-29(30,31)32)39-19-11-14-23-13-10-15-24(20-23)41-22(3)21-40-25(36)5-2/h10,13,15,20,22H,4-9,11-12,14,16-19,21H2,1-3H3. The Morgan fingerprint density at radius 3 is 2.49 bits per heavy atom. The largest absolute Gasteiger partial charge is 0.487 e. The summed E-state index contributed by atoms with van der Waals surface area (Å²) in [5, 5.41) is 3.96. The minimum absolute atomic E-state index is 0.119. The number of carbonyl (C=O) groups is 1. The molecule has 1 unspecified atom stereocenters. The molecule has 0 aliphatic rings. The van der Waals surface area contributed by atoms with Crippen molar-refractivity contribution in [2.75, 3.05) is 13.2 Å². The number of benzene rings is 1. The van der Waals surface area contributed by atoms with Gasteiger partial charge in [-0.2, -0.15) is 13.2 Å². The van der Waals surface area contributed by atoms with E-state index < -0.39 is 23.8 Å². The molecule has 0 saturated heterocycles. The van der Waals surface area contributed by atoms with Crippen LogP contribution in [0, 0.1) is 0 Å². The van der Waals surface area contributed by atoms with E-state index in [0.29, 0.717) is 31.4 Å². The molecule has 1 heterocycles. The molecule has 0 spiro atoms. The van der Waals surface area contributed by atoms with Crippen molar-refractivity contribution in [1.82, 2.24) is 14.3 Å². The summed E-state index contributed by atoms with van der Waals surface area (Å²) < 4.78 is 56.4. The number of halogens is 3. The molecule has 0 amide bonds. The van der Waals surface area contributed by atoms with Crippen molar-refractivity contribution >= 4 is 5.97 Å². The van der Waals surface area contributed by atoms with Gasteiger partial charge in [0.15, 0.2) is 0 Å². The second-order valence-corrected chi connectivity index (χ2v) is 9.97. The second-order valence-electron chi connectivity index (χ2n) is 9.97. The number of hydrogen-bond donors (Lipinski definition) is 0. The van der Waals surface area contributed by atoms with Crippen molar-refractivity contribution in [1.29, 1.82) is 0 Å². The molecule has 1 aromatic carbocycles. The van der Waals surface area contributed by atoms with Crippen molar-refractivity contribution in [2.45, 2.75) is 110 Å². The maximum atomic E-state index is 13.0. The molecule has 2 aromatic rings. The van der Waals surface area contributed by atoms with Gasteiger partial charge in [-0.05, 0) is 50.3 Å². The van der Waals surface area contributed by atoms with Crippen molar-refractivity contribution in [3.8, 4) is 11.6 Å². The highest BCUT2D eigenvalue weighted by molar-refractivity contribution is 5.68. The summed E-state index contributed by atoms with van der Waals surface area (Å²) in [7, 11) is 0. The first kappa shape index (κ1) is 33.9.